The molecule has 2 aromatic rings. The van der Waals surface area contributed by atoms with Gasteiger partial charge in [-0.25, -0.2) is 13.8 Å². The lowest BCUT2D eigenvalue weighted by Crippen LogP contribution is -2.07. The first kappa shape index (κ1) is 15.6. The number of pyridine rings is 1. The van der Waals surface area contributed by atoms with Crippen LogP contribution in [0.1, 0.15) is 13.8 Å². The van der Waals surface area contributed by atoms with Crippen molar-refractivity contribution in [3.05, 3.63) is 42.0 Å². The van der Waals surface area contributed by atoms with Crippen LogP contribution in [0.25, 0.3) is 0 Å². The van der Waals surface area contributed by atoms with Crippen LogP contribution in [0.2, 0.25) is 0 Å². The number of nitrogens with two attached hydrogens (primary N) is 1. The van der Waals surface area contributed by atoms with Crippen molar-refractivity contribution < 1.29 is 13.5 Å². The summed E-state index contributed by atoms with van der Waals surface area (Å²) in [6, 6.07) is 7.11. The lowest BCUT2D eigenvalue weighted by molar-refractivity contribution is 0.261. The highest BCUT2D eigenvalue weighted by Gasteiger charge is 2.09. The van der Waals surface area contributed by atoms with Crippen molar-refractivity contribution in [2.24, 2.45) is 5.92 Å². The summed E-state index contributed by atoms with van der Waals surface area (Å²) in [7, 11) is 0. The topological polar surface area (TPSA) is 48.1 Å². The van der Waals surface area contributed by atoms with Gasteiger partial charge in [0.15, 0.2) is 11.6 Å². The molecule has 0 bridgehead atoms. The highest BCUT2D eigenvalue weighted by Crippen LogP contribution is 2.30. The maximum Gasteiger partial charge on any atom is 0.238 e. The van der Waals surface area contributed by atoms with Crippen LogP contribution in [-0.2, 0) is 0 Å². The fourth-order valence-corrected chi connectivity index (χ4v) is 2.32. The van der Waals surface area contributed by atoms with Crippen LogP contribution in [0.5, 0.6) is 5.88 Å². The molecule has 0 amide bonds. The van der Waals surface area contributed by atoms with Crippen molar-refractivity contribution in [2.75, 3.05) is 12.3 Å². The van der Waals surface area contributed by atoms with E-state index in [1.165, 1.54) is 17.8 Å². The third-order valence-corrected chi connectivity index (χ3v) is 3.46. The number of hydrogen-bond acceptors (Lipinski definition) is 4. The van der Waals surface area contributed by atoms with Crippen LogP contribution in [0, 0.1) is 17.6 Å². The predicted octanol–water partition coefficient (Wildman–Crippen LogP) is 4.13. The predicted molar refractivity (Wildman–Crippen MR) is 79.5 cm³/mol. The van der Waals surface area contributed by atoms with E-state index in [1.54, 1.807) is 12.1 Å². The largest absolute Gasteiger partial charge is 0.476 e. The molecule has 2 N–H and O–H groups in total. The average Bonchev–Trinajstić information content (AvgIpc) is 2.43. The normalized spacial score (nSPS) is 10.9. The number of ether oxygens (including phenoxy) is 1. The van der Waals surface area contributed by atoms with Gasteiger partial charge in [-0.2, -0.15) is 0 Å². The zero-order valence-corrected chi connectivity index (χ0v) is 12.6. The summed E-state index contributed by atoms with van der Waals surface area (Å²) >= 11 is 1.21. The number of hydrogen-bond donors (Lipinski definition) is 1. The van der Waals surface area contributed by atoms with Crippen LogP contribution >= 0.6 is 11.8 Å². The maximum absolute atomic E-state index is 13.2. The Labute approximate surface area is 126 Å². The van der Waals surface area contributed by atoms with E-state index >= 15 is 0 Å². The van der Waals surface area contributed by atoms with Crippen LogP contribution in [0.15, 0.2) is 40.3 Å². The SMILES string of the molecule is CC(C)COc1nc(Sc2ccc(F)c(F)c2)ccc1N. The van der Waals surface area contributed by atoms with E-state index < -0.39 is 11.6 Å². The van der Waals surface area contributed by atoms with Crippen molar-refractivity contribution in [2.45, 2.75) is 23.8 Å². The van der Waals surface area contributed by atoms with Gasteiger partial charge in [0.05, 0.1) is 12.3 Å². The Morgan fingerprint density at radius 2 is 1.95 bits per heavy atom. The smallest absolute Gasteiger partial charge is 0.238 e. The molecule has 1 aromatic heterocycles. The third-order valence-electron chi connectivity index (χ3n) is 2.53. The molecule has 0 aliphatic rings. The summed E-state index contributed by atoms with van der Waals surface area (Å²) < 4.78 is 31.6. The van der Waals surface area contributed by atoms with Gasteiger partial charge in [0.2, 0.25) is 5.88 Å². The number of nitrogens with zero attached hydrogens (tertiary/aromatic N) is 1. The molecule has 0 radical (unpaired) electrons. The van der Waals surface area contributed by atoms with E-state index in [4.69, 9.17) is 10.5 Å². The number of nitrogen functional groups attached to an aromatic ring is 1. The minimum atomic E-state index is -0.883. The van der Waals surface area contributed by atoms with Crippen LogP contribution in [0.3, 0.4) is 0 Å². The number of rotatable bonds is 5. The Hall–Kier alpha value is -1.82. The molecule has 6 heteroatoms. The van der Waals surface area contributed by atoms with Crippen molar-refractivity contribution in [3.8, 4) is 5.88 Å². The second kappa shape index (κ2) is 6.76. The maximum atomic E-state index is 13.2. The fraction of sp³-hybridized carbons (Fsp3) is 0.267. The monoisotopic (exact) mass is 310 g/mol. The Bertz CT molecular complexity index is 635. The van der Waals surface area contributed by atoms with E-state index in [2.05, 4.69) is 4.98 Å². The van der Waals surface area contributed by atoms with Gasteiger partial charge in [-0.05, 0) is 36.2 Å². The van der Waals surface area contributed by atoms with Gasteiger partial charge < -0.3 is 10.5 Å². The van der Waals surface area contributed by atoms with Gasteiger partial charge >= 0.3 is 0 Å². The van der Waals surface area contributed by atoms with Gasteiger partial charge in [0.1, 0.15) is 5.03 Å². The van der Waals surface area contributed by atoms with E-state index in [0.29, 0.717) is 34.0 Å². The minimum Gasteiger partial charge on any atom is -0.476 e. The summed E-state index contributed by atoms with van der Waals surface area (Å²) in [5.74, 6) is -1.04. The molecule has 1 aromatic carbocycles. The quantitative estimate of drug-likeness (QED) is 0.902. The van der Waals surface area contributed by atoms with E-state index in [0.717, 1.165) is 12.1 Å². The van der Waals surface area contributed by atoms with Gasteiger partial charge in [-0.3, -0.25) is 0 Å². The van der Waals surface area contributed by atoms with Crippen LogP contribution in [-0.4, -0.2) is 11.6 Å². The molecule has 0 fully saturated rings. The Morgan fingerprint density at radius 1 is 1.19 bits per heavy atom. The molecule has 3 nitrogen and oxygen atoms in total. The van der Waals surface area contributed by atoms with Gasteiger partial charge in [0, 0.05) is 4.90 Å². The van der Waals surface area contributed by atoms with Crippen molar-refractivity contribution >= 4 is 17.4 Å². The lowest BCUT2D eigenvalue weighted by atomic mass is 10.2. The lowest BCUT2D eigenvalue weighted by Gasteiger charge is -2.11. The second-order valence-electron chi connectivity index (χ2n) is 4.93. The Kier molecular flexibility index (Phi) is 5.01. The molecular weight excluding hydrogens is 294 g/mol. The molecule has 112 valence electrons. The van der Waals surface area contributed by atoms with E-state index in [-0.39, 0.29) is 0 Å². The van der Waals surface area contributed by atoms with Crippen molar-refractivity contribution in [3.63, 3.8) is 0 Å². The van der Waals surface area contributed by atoms with Crippen molar-refractivity contribution in [1.82, 2.24) is 4.98 Å². The minimum absolute atomic E-state index is 0.355. The molecule has 0 spiro atoms. The number of aromatic nitrogens is 1. The zero-order chi connectivity index (χ0) is 15.4. The Morgan fingerprint density at radius 3 is 2.62 bits per heavy atom. The standard InChI is InChI=1S/C15H16F2N2OS/c1-9(2)8-20-15-13(18)5-6-14(19-15)21-10-3-4-11(16)12(17)7-10/h3-7,9H,8,18H2,1-2H3. The average molecular weight is 310 g/mol. The third kappa shape index (κ3) is 4.32. The molecule has 2 rings (SSSR count). The van der Waals surface area contributed by atoms with E-state index in [1.807, 2.05) is 13.8 Å². The number of halogens is 2. The highest BCUT2D eigenvalue weighted by molar-refractivity contribution is 7.99. The molecule has 0 aliphatic heterocycles. The highest BCUT2D eigenvalue weighted by atomic mass is 32.2. The Balaban J connectivity index is 2.16. The van der Waals surface area contributed by atoms with E-state index in [9.17, 15) is 8.78 Å². The summed E-state index contributed by atoms with van der Waals surface area (Å²) in [4.78, 5) is 4.85. The first-order chi connectivity index (χ1) is 9.95. The zero-order valence-electron chi connectivity index (χ0n) is 11.8. The first-order valence-corrected chi connectivity index (χ1v) is 7.29. The van der Waals surface area contributed by atoms with Crippen LogP contribution < -0.4 is 10.5 Å². The van der Waals surface area contributed by atoms with Crippen LogP contribution in [0.4, 0.5) is 14.5 Å². The molecule has 0 unspecified atom stereocenters. The summed E-state index contributed by atoms with van der Waals surface area (Å²) in [6.45, 7) is 4.56. The number of anilines is 1. The van der Waals surface area contributed by atoms with Gasteiger partial charge in [-0.15, -0.1) is 0 Å². The molecule has 1 heterocycles. The number of benzene rings is 1. The molecule has 0 aliphatic carbocycles. The summed E-state index contributed by atoms with van der Waals surface area (Å²) in [5.41, 5.74) is 6.26. The first-order valence-electron chi connectivity index (χ1n) is 6.48. The molecular formula is C15H16F2N2OS. The molecule has 0 atom stereocenters. The molecule has 21 heavy (non-hydrogen) atoms. The molecule has 0 saturated carbocycles. The summed E-state index contributed by atoms with van der Waals surface area (Å²) in [5, 5.41) is 0.606. The van der Waals surface area contributed by atoms with Crippen molar-refractivity contribution in [1.29, 1.82) is 0 Å². The van der Waals surface area contributed by atoms with Gasteiger partial charge in [0.25, 0.3) is 0 Å². The van der Waals surface area contributed by atoms with Gasteiger partial charge in [-0.1, -0.05) is 25.6 Å². The second-order valence-corrected chi connectivity index (χ2v) is 6.02. The summed E-state index contributed by atoms with van der Waals surface area (Å²) in [6.07, 6.45) is 0. The molecule has 0 saturated heterocycles. The fourth-order valence-electron chi connectivity index (χ4n) is 1.51.